The molecule has 1 amide bonds. The van der Waals surface area contributed by atoms with Gasteiger partial charge in [0.1, 0.15) is 5.75 Å². The normalized spacial score (nSPS) is 10.4. The van der Waals surface area contributed by atoms with Crippen LogP contribution in [0.2, 0.25) is 10.0 Å². The van der Waals surface area contributed by atoms with E-state index in [9.17, 15) is 4.79 Å². The zero-order chi connectivity index (χ0) is 17.7. The number of rotatable bonds is 6. The predicted octanol–water partition coefficient (Wildman–Crippen LogP) is 5.06. The summed E-state index contributed by atoms with van der Waals surface area (Å²) in [6, 6.07) is 9.10. The van der Waals surface area contributed by atoms with Crippen LogP contribution in [-0.4, -0.2) is 19.6 Å². The Bertz CT molecular complexity index is 748. The van der Waals surface area contributed by atoms with Crippen LogP contribution in [0.3, 0.4) is 0 Å². The van der Waals surface area contributed by atoms with Crippen LogP contribution in [0.4, 0.5) is 11.4 Å². The average molecular weight is 367 g/mol. The fraction of sp³-hybridized carbons (Fsp3) is 0.278. The predicted molar refractivity (Wildman–Crippen MR) is 101 cm³/mol. The number of benzene rings is 2. The number of carbonyl (C=O) groups is 1. The largest absolute Gasteiger partial charge is 0.495 e. The van der Waals surface area contributed by atoms with Crippen molar-refractivity contribution < 1.29 is 9.53 Å². The van der Waals surface area contributed by atoms with Gasteiger partial charge >= 0.3 is 0 Å². The minimum Gasteiger partial charge on any atom is -0.495 e. The van der Waals surface area contributed by atoms with Crippen LogP contribution < -0.4 is 15.4 Å². The molecule has 6 heteroatoms. The van der Waals surface area contributed by atoms with Crippen molar-refractivity contribution in [2.75, 3.05) is 24.3 Å². The first kappa shape index (κ1) is 18.4. The third-order valence-corrected chi connectivity index (χ3v) is 4.51. The fourth-order valence-electron chi connectivity index (χ4n) is 2.24. The summed E-state index contributed by atoms with van der Waals surface area (Å²) in [5, 5.41) is 7.35. The lowest BCUT2D eigenvalue weighted by atomic mass is 10.2. The van der Waals surface area contributed by atoms with Crippen molar-refractivity contribution in [1.82, 2.24) is 0 Å². The molecule has 2 aromatic rings. The van der Waals surface area contributed by atoms with Crippen molar-refractivity contribution in [3.05, 3.63) is 51.5 Å². The minimum atomic E-state index is -0.0856. The van der Waals surface area contributed by atoms with E-state index in [0.717, 1.165) is 22.5 Å². The lowest BCUT2D eigenvalue weighted by molar-refractivity contribution is -0.115. The number of nitrogens with one attached hydrogen (secondary N) is 2. The van der Waals surface area contributed by atoms with E-state index < -0.39 is 0 Å². The van der Waals surface area contributed by atoms with Crippen LogP contribution in [0.5, 0.6) is 5.75 Å². The zero-order valence-electron chi connectivity index (χ0n) is 13.9. The van der Waals surface area contributed by atoms with Crippen molar-refractivity contribution in [2.24, 2.45) is 0 Å². The van der Waals surface area contributed by atoms with E-state index in [2.05, 4.69) is 10.6 Å². The van der Waals surface area contributed by atoms with Gasteiger partial charge in [-0.05, 0) is 43.2 Å². The molecule has 0 saturated carbocycles. The molecule has 0 aromatic heterocycles. The van der Waals surface area contributed by atoms with E-state index in [1.165, 1.54) is 0 Å². The lowest BCUT2D eigenvalue weighted by Crippen LogP contribution is -2.17. The second-order valence-electron chi connectivity index (χ2n) is 5.44. The Morgan fingerprint density at radius 3 is 2.58 bits per heavy atom. The Kier molecular flexibility index (Phi) is 6.35. The molecule has 0 fully saturated rings. The lowest BCUT2D eigenvalue weighted by Gasteiger charge is -2.13. The molecule has 24 heavy (non-hydrogen) atoms. The van der Waals surface area contributed by atoms with Gasteiger partial charge < -0.3 is 15.4 Å². The van der Waals surface area contributed by atoms with Crippen molar-refractivity contribution in [3.8, 4) is 5.75 Å². The third-order valence-electron chi connectivity index (χ3n) is 3.69. The summed E-state index contributed by atoms with van der Waals surface area (Å²) in [7, 11) is 1.58. The number of aryl methyl sites for hydroxylation is 1. The van der Waals surface area contributed by atoms with Crippen molar-refractivity contribution >= 4 is 40.5 Å². The highest BCUT2D eigenvalue weighted by Crippen LogP contribution is 2.30. The number of hydrogen-bond donors (Lipinski definition) is 2. The first-order valence-electron chi connectivity index (χ1n) is 7.55. The molecule has 0 unspecified atom stereocenters. The molecular formula is C18H20Cl2N2O2. The highest BCUT2D eigenvalue weighted by molar-refractivity contribution is 6.32. The second kappa shape index (κ2) is 8.27. The van der Waals surface area contributed by atoms with E-state index >= 15 is 0 Å². The second-order valence-corrected chi connectivity index (χ2v) is 6.25. The van der Waals surface area contributed by atoms with Crippen LogP contribution in [0.1, 0.15) is 17.5 Å². The van der Waals surface area contributed by atoms with E-state index in [-0.39, 0.29) is 5.91 Å². The van der Waals surface area contributed by atoms with Gasteiger partial charge in [0.25, 0.3) is 0 Å². The maximum atomic E-state index is 12.1. The summed E-state index contributed by atoms with van der Waals surface area (Å²) in [5.41, 5.74) is 3.34. The summed E-state index contributed by atoms with van der Waals surface area (Å²) < 4.78 is 5.30. The molecule has 0 aliphatic heterocycles. The fourth-order valence-corrected chi connectivity index (χ4v) is 2.56. The number of anilines is 2. The van der Waals surface area contributed by atoms with Gasteiger partial charge in [0.15, 0.2) is 0 Å². The summed E-state index contributed by atoms with van der Waals surface area (Å²) in [6.07, 6.45) is 0.316. The smallest absolute Gasteiger partial charge is 0.226 e. The summed E-state index contributed by atoms with van der Waals surface area (Å²) in [4.78, 5) is 12.1. The number of methoxy groups -OCH3 is 1. The molecule has 2 N–H and O–H groups in total. The molecule has 4 nitrogen and oxygen atoms in total. The van der Waals surface area contributed by atoms with Crippen molar-refractivity contribution in [1.29, 1.82) is 0 Å². The molecule has 2 rings (SSSR count). The number of amides is 1. The third kappa shape index (κ3) is 4.56. The van der Waals surface area contributed by atoms with Gasteiger partial charge in [-0.3, -0.25) is 4.79 Å². The highest BCUT2D eigenvalue weighted by Gasteiger charge is 2.09. The first-order valence-corrected chi connectivity index (χ1v) is 8.31. The van der Waals surface area contributed by atoms with Gasteiger partial charge in [0.05, 0.1) is 12.8 Å². The average Bonchev–Trinajstić information content (AvgIpc) is 2.55. The molecule has 0 saturated heterocycles. The standard InChI is InChI=1S/C18H20Cl2N2O2/c1-11-9-16(17(24-3)10-14(11)20)21-8-7-18(23)22-15-6-4-5-13(19)12(15)2/h4-6,9-10,21H,7-8H2,1-3H3,(H,22,23). The van der Waals surface area contributed by atoms with E-state index in [1.54, 1.807) is 19.2 Å². The molecule has 2 aromatic carbocycles. The molecule has 128 valence electrons. The zero-order valence-corrected chi connectivity index (χ0v) is 15.4. The number of hydrogen-bond acceptors (Lipinski definition) is 3. The van der Waals surface area contributed by atoms with Gasteiger partial charge in [0, 0.05) is 34.8 Å². The monoisotopic (exact) mass is 366 g/mol. The van der Waals surface area contributed by atoms with Crippen molar-refractivity contribution in [2.45, 2.75) is 20.3 Å². The molecular weight excluding hydrogens is 347 g/mol. The van der Waals surface area contributed by atoms with Gasteiger partial charge in [-0.15, -0.1) is 0 Å². The maximum Gasteiger partial charge on any atom is 0.226 e. The Morgan fingerprint density at radius 1 is 1.12 bits per heavy atom. The molecule has 0 aliphatic carbocycles. The molecule has 0 spiro atoms. The van der Waals surface area contributed by atoms with Gasteiger partial charge in [-0.1, -0.05) is 29.3 Å². The molecule has 0 heterocycles. The summed E-state index contributed by atoms with van der Waals surface area (Å²) in [6.45, 7) is 4.27. The van der Waals surface area contributed by atoms with E-state index in [1.807, 2.05) is 32.0 Å². The number of halogens is 2. The Morgan fingerprint density at radius 2 is 1.88 bits per heavy atom. The number of carbonyl (C=O) groups excluding carboxylic acids is 1. The maximum absolute atomic E-state index is 12.1. The number of ether oxygens (including phenoxy) is 1. The Labute approximate surface area is 152 Å². The van der Waals surface area contributed by atoms with E-state index in [0.29, 0.717) is 28.8 Å². The highest BCUT2D eigenvalue weighted by atomic mass is 35.5. The first-order chi connectivity index (χ1) is 11.4. The SMILES string of the molecule is COc1cc(Cl)c(C)cc1NCCC(=O)Nc1cccc(Cl)c1C. The summed E-state index contributed by atoms with van der Waals surface area (Å²) in [5.74, 6) is 0.564. The topological polar surface area (TPSA) is 50.4 Å². The molecule has 0 atom stereocenters. The van der Waals surface area contributed by atoms with Crippen molar-refractivity contribution in [3.63, 3.8) is 0 Å². The molecule has 0 bridgehead atoms. The van der Waals surface area contributed by atoms with Crippen LogP contribution in [0, 0.1) is 13.8 Å². The van der Waals surface area contributed by atoms with Gasteiger partial charge in [-0.2, -0.15) is 0 Å². The Balaban J connectivity index is 1.93. The minimum absolute atomic E-state index is 0.0856. The quantitative estimate of drug-likeness (QED) is 0.750. The Hall–Kier alpha value is -1.91. The van der Waals surface area contributed by atoms with E-state index in [4.69, 9.17) is 27.9 Å². The molecule has 0 aliphatic rings. The van der Waals surface area contributed by atoms with Crippen LogP contribution in [0.25, 0.3) is 0 Å². The molecule has 0 radical (unpaired) electrons. The van der Waals surface area contributed by atoms with Crippen LogP contribution in [-0.2, 0) is 4.79 Å². The van der Waals surface area contributed by atoms with Crippen LogP contribution >= 0.6 is 23.2 Å². The van der Waals surface area contributed by atoms with Gasteiger partial charge in [0.2, 0.25) is 5.91 Å². The van der Waals surface area contributed by atoms with Gasteiger partial charge in [-0.25, -0.2) is 0 Å². The summed E-state index contributed by atoms with van der Waals surface area (Å²) >= 11 is 12.1. The van der Waals surface area contributed by atoms with Crippen LogP contribution in [0.15, 0.2) is 30.3 Å².